The lowest BCUT2D eigenvalue weighted by molar-refractivity contribution is -0.139. The molecule has 6 nitrogen and oxygen atoms in total. The molecule has 1 saturated heterocycles. The Bertz CT molecular complexity index is 1290. The van der Waals surface area contributed by atoms with Gasteiger partial charge in [-0.3, -0.25) is 14.6 Å². The summed E-state index contributed by atoms with van der Waals surface area (Å²) in [5.74, 6) is 0.103. The maximum Gasteiger partial charge on any atom is 0.276 e. The van der Waals surface area contributed by atoms with Crippen LogP contribution in [0.4, 0.5) is 5.69 Å². The van der Waals surface area contributed by atoms with E-state index in [0.29, 0.717) is 5.56 Å². The summed E-state index contributed by atoms with van der Waals surface area (Å²) in [6.45, 7) is 0.745. The largest absolute Gasteiger partial charge is 0.378 e. The predicted octanol–water partition coefficient (Wildman–Crippen LogP) is 5.86. The van der Waals surface area contributed by atoms with Gasteiger partial charge in [0.15, 0.2) is 0 Å². The van der Waals surface area contributed by atoms with Crippen molar-refractivity contribution >= 4 is 23.7 Å². The lowest BCUT2D eigenvalue weighted by atomic mass is 9.77. The maximum atomic E-state index is 14.2. The van der Waals surface area contributed by atoms with Crippen molar-refractivity contribution in [3.63, 3.8) is 0 Å². The molecule has 37 heavy (non-hydrogen) atoms. The van der Waals surface area contributed by atoms with Gasteiger partial charge in [0.2, 0.25) is 5.91 Å². The lowest BCUT2D eigenvalue weighted by Gasteiger charge is -2.41. The molecule has 6 rings (SSSR count). The van der Waals surface area contributed by atoms with Gasteiger partial charge < -0.3 is 10.2 Å². The summed E-state index contributed by atoms with van der Waals surface area (Å²) >= 11 is 0. The lowest BCUT2D eigenvalue weighted by Crippen LogP contribution is -2.43. The predicted molar refractivity (Wildman–Crippen MR) is 144 cm³/mol. The molecule has 6 heteroatoms. The van der Waals surface area contributed by atoms with Gasteiger partial charge in [0.05, 0.1) is 12.1 Å². The number of fused-ring (bicyclic) bond motifs is 3. The van der Waals surface area contributed by atoms with E-state index in [0.717, 1.165) is 44.3 Å². The van der Waals surface area contributed by atoms with Crippen molar-refractivity contribution in [2.75, 3.05) is 11.9 Å². The third kappa shape index (κ3) is 4.57. The Morgan fingerprint density at radius 2 is 1.68 bits per heavy atom. The van der Waals surface area contributed by atoms with E-state index in [1.165, 1.54) is 11.1 Å². The monoisotopic (exact) mass is 492 g/mol. The zero-order chi connectivity index (χ0) is 25.2. The number of aromatic nitrogens is 1. The van der Waals surface area contributed by atoms with Gasteiger partial charge in [0, 0.05) is 54.2 Å². The summed E-state index contributed by atoms with van der Waals surface area (Å²) < 4.78 is 0. The number of hydrogen-bond acceptors (Lipinski definition) is 4. The van der Waals surface area contributed by atoms with Crippen LogP contribution in [-0.2, 0) is 4.79 Å². The number of pyridine rings is 1. The number of rotatable bonds is 4. The third-order valence-electron chi connectivity index (χ3n) is 8.35. The zero-order valence-corrected chi connectivity index (χ0v) is 20.9. The molecule has 2 amide bonds. The first-order valence-corrected chi connectivity index (χ1v) is 13.4. The number of likely N-dealkylation sites (tertiary alicyclic amines) is 1. The van der Waals surface area contributed by atoms with Crippen molar-refractivity contribution in [3.05, 3.63) is 95.8 Å². The first-order valence-electron chi connectivity index (χ1n) is 13.4. The minimum Gasteiger partial charge on any atom is -0.378 e. The van der Waals surface area contributed by atoms with Crippen LogP contribution in [0.2, 0.25) is 0 Å². The van der Waals surface area contributed by atoms with Crippen molar-refractivity contribution in [2.45, 2.75) is 44.2 Å². The van der Waals surface area contributed by atoms with Crippen molar-refractivity contribution in [1.29, 1.82) is 0 Å². The zero-order valence-electron chi connectivity index (χ0n) is 20.9. The molecule has 2 fully saturated rings. The van der Waals surface area contributed by atoms with E-state index >= 15 is 0 Å². The fourth-order valence-corrected chi connectivity index (χ4v) is 6.55. The standard InChI is InChI=1S/C31H32N4O2/c36-30(22-8-2-1-3-9-22)33-20-23-10-4-5-11-24(23)31(37)35-19-16-26-28(21-14-17-32-18-15-21)34-27-13-7-6-12-25(27)29(26)35/h1-3,6-9,12-15,17-18,20,23-24,26,28-29,34H,4-5,10-11,16,19H2/t23?,24-,26+,28-,29-/m0/s1. The molecule has 0 spiro atoms. The van der Waals surface area contributed by atoms with E-state index in [9.17, 15) is 9.59 Å². The van der Waals surface area contributed by atoms with Gasteiger partial charge in [0.1, 0.15) is 0 Å². The van der Waals surface area contributed by atoms with E-state index in [2.05, 4.69) is 50.5 Å². The molecule has 1 unspecified atom stereocenters. The molecule has 0 bridgehead atoms. The van der Waals surface area contributed by atoms with E-state index in [1.807, 2.05) is 36.7 Å². The molecule has 2 aromatic carbocycles. The third-order valence-corrected chi connectivity index (χ3v) is 8.35. The van der Waals surface area contributed by atoms with Crippen LogP contribution in [0.1, 0.15) is 65.7 Å². The molecule has 1 N–H and O–H groups in total. The number of nitrogens with one attached hydrogen (secondary N) is 1. The fraction of sp³-hybridized carbons (Fsp3) is 0.355. The van der Waals surface area contributed by atoms with Crippen LogP contribution >= 0.6 is 0 Å². The van der Waals surface area contributed by atoms with Crippen LogP contribution < -0.4 is 5.32 Å². The first-order chi connectivity index (χ1) is 18.2. The van der Waals surface area contributed by atoms with Crippen LogP contribution in [0, 0.1) is 17.8 Å². The van der Waals surface area contributed by atoms with Gasteiger partial charge in [-0.15, -0.1) is 0 Å². The average Bonchev–Trinajstić information content (AvgIpc) is 3.42. The molecule has 1 saturated carbocycles. The highest BCUT2D eigenvalue weighted by molar-refractivity contribution is 5.99. The van der Waals surface area contributed by atoms with Crippen LogP contribution in [0.3, 0.4) is 0 Å². The normalized spacial score (nSPS) is 26.8. The molecule has 0 radical (unpaired) electrons. The highest BCUT2D eigenvalue weighted by Gasteiger charge is 2.48. The summed E-state index contributed by atoms with van der Waals surface area (Å²) in [5, 5.41) is 3.76. The second-order valence-corrected chi connectivity index (χ2v) is 10.4. The Balaban J connectivity index is 1.27. The molecule has 3 heterocycles. The average molecular weight is 493 g/mol. The van der Waals surface area contributed by atoms with Crippen molar-refractivity contribution in [1.82, 2.24) is 9.88 Å². The van der Waals surface area contributed by atoms with Crippen LogP contribution in [0.5, 0.6) is 0 Å². The number of hydrogen-bond donors (Lipinski definition) is 1. The molecule has 2 aliphatic heterocycles. The maximum absolute atomic E-state index is 14.2. The summed E-state index contributed by atoms with van der Waals surface area (Å²) in [4.78, 5) is 37.4. The molecule has 3 aliphatic rings. The molecule has 188 valence electrons. The van der Waals surface area contributed by atoms with Crippen molar-refractivity contribution in [3.8, 4) is 0 Å². The van der Waals surface area contributed by atoms with Gasteiger partial charge in [-0.1, -0.05) is 49.2 Å². The first kappa shape index (κ1) is 23.6. The van der Waals surface area contributed by atoms with Gasteiger partial charge in [-0.25, -0.2) is 4.99 Å². The number of anilines is 1. The van der Waals surface area contributed by atoms with Crippen molar-refractivity contribution < 1.29 is 9.59 Å². The molecule has 5 atom stereocenters. The number of carbonyl (C=O) groups is 2. The van der Waals surface area contributed by atoms with Gasteiger partial charge in [-0.2, -0.15) is 0 Å². The number of nitrogens with zero attached hydrogens (tertiary/aromatic N) is 3. The van der Waals surface area contributed by atoms with Crippen LogP contribution in [0.25, 0.3) is 0 Å². The van der Waals surface area contributed by atoms with Gasteiger partial charge >= 0.3 is 0 Å². The Morgan fingerprint density at radius 3 is 2.51 bits per heavy atom. The summed E-state index contributed by atoms with van der Waals surface area (Å²) in [6, 6.07) is 21.8. The van der Waals surface area contributed by atoms with E-state index in [4.69, 9.17) is 0 Å². The second-order valence-electron chi connectivity index (χ2n) is 10.4. The molecular weight excluding hydrogens is 460 g/mol. The highest BCUT2D eigenvalue weighted by Crippen LogP contribution is 2.52. The van der Waals surface area contributed by atoms with E-state index in [-0.39, 0.29) is 41.7 Å². The minimum absolute atomic E-state index is 0.0130. The highest BCUT2D eigenvalue weighted by atomic mass is 16.2. The summed E-state index contributed by atoms with van der Waals surface area (Å²) in [5.41, 5.74) is 4.08. The molecule has 1 aliphatic carbocycles. The van der Waals surface area contributed by atoms with E-state index < -0.39 is 0 Å². The number of para-hydroxylation sites is 1. The molecule has 1 aromatic heterocycles. The minimum atomic E-state index is -0.244. The summed E-state index contributed by atoms with van der Waals surface area (Å²) in [7, 11) is 0. The van der Waals surface area contributed by atoms with Crippen LogP contribution in [0.15, 0.2) is 84.1 Å². The number of amides is 2. The topological polar surface area (TPSA) is 74.7 Å². The van der Waals surface area contributed by atoms with E-state index in [1.54, 1.807) is 18.3 Å². The summed E-state index contributed by atoms with van der Waals surface area (Å²) in [6.07, 6.45) is 10.2. The van der Waals surface area contributed by atoms with Crippen LogP contribution in [-0.4, -0.2) is 34.5 Å². The number of carbonyl (C=O) groups excluding carboxylic acids is 2. The second kappa shape index (κ2) is 10.3. The molecule has 3 aromatic rings. The molecular formula is C31H32N4O2. The van der Waals surface area contributed by atoms with Crippen molar-refractivity contribution in [2.24, 2.45) is 22.7 Å². The Hall–Kier alpha value is -3.80. The van der Waals surface area contributed by atoms with Gasteiger partial charge in [-0.05, 0) is 60.7 Å². The Kier molecular flexibility index (Phi) is 6.56. The smallest absolute Gasteiger partial charge is 0.276 e. The Morgan fingerprint density at radius 1 is 0.919 bits per heavy atom. The SMILES string of the molecule is O=C(N=CC1CCCC[C@@H]1C(=O)N1CC[C@@H]2[C@H](c3ccncc3)Nc3ccccc3[C@@H]21)c1ccccc1. The van der Waals surface area contributed by atoms with Gasteiger partial charge in [0.25, 0.3) is 5.91 Å². The number of benzene rings is 2. The fourth-order valence-electron chi connectivity index (χ4n) is 6.55. The Labute approximate surface area is 217 Å². The number of aliphatic imine (C=N–C) groups is 1. The quantitative estimate of drug-likeness (QED) is 0.463.